The number of hydrogen-bond donors (Lipinski definition) is 6. The van der Waals surface area contributed by atoms with E-state index in [0.717, 1.165) is 0 Å². The average Bonchev–Trinajstić information content (AvgIpc) is 2.62. The van der Waals surface area contributed by atoms with Crippen molar-refractivity contribution < 1.29 is 25.2 Å². The molecule has 0 aliphatic carbocycles. The molecule has 0 spiro atoms. The Kier molecular flexibility index (Phi) is 6.28. The minimum absolute atomic E-state index is 0.168. The third-order valence-electron chi connectivity index (χ3n) is 3.31. The highest BCUT2D eigenvalue weighted by molar-refractivity contribution is 6.09. The molecule has 2 rings (SSSR count). The third kappa shape index (κ3) is 4.77. The van der Waals surface area contributed by atoms with Gasteiger partial charge in [0.05, 0.1) is 13.2 Å². The molecule has 24 heavy (non-hydrogen) atoms. The Morgan fingerprint density at radius 2 is 1.08 bits per heavy atom. The van der Waals surface area contributed by atoms with Gasteiger partial charge >= 0.3 is 0 Å². The molecule has 0 amide bonds. The third-order valence-corrected chi connectivity index (χ3v) is 3.31. The van der Waals surface area contributed by atoms with E-state index in [-0.39, 0.29) is 5.78 Å². The number of hydrogen-bond acceptors (Lipinski definition) is 7. The Morgan fingerprint density at radius 1 is 0.750 bits per heavy atom. The molecule has 0 heterocycles. The first kappa shape index (κ1) is 17.9. The summed E-state index contributed by atoms with van der Waals surface area (Å²) in [4.78, 5) is 12.4. The van der Waals surface area contributed by atoms with E-state index in [2.05, 4.69) is 10.6 Å². The number of aliphatic hydroxyl groups excluding tert-OH is 4. The zero-order valence-electron chi connectivity index (χ0n) is 12.9. The fraction of sp³-hybridized carbons (Fsp3) is 0.235. The lowest BCUT2D eigenvalue weighted by molar-refractivity contribution is 0.103. The van der Waals surface area contributed by atoms with Crippen LogP contribution in [0.2, 0.25) is 0 Å². The minimum atomic E-state index is -1.05. The molecule has 7 heteroatoms. The molecule has 2 aromatic rings. The summed E-state index contributed by atoms with van der Waals surface area (Å²) in [5.74, 6) is -0.168. The molecular formula is C17H20N2O5. The summed E-state index contributed by atoms with van der Waals surface area (Å²) in [5, 5.41) is 41.5. The number of nitrogens with one attached hydrogen (secondary N) is 2. The van der Waals surface area contributed by atoms with Gasteiger partial charge < -0.3 is 31.1 Å². The lowest BCUT2D eigenvalue weighted by Gasteiger charge is -2.12. The van der Waals surface area contributed by atoms with Gasteiger partial charge in [-0.15, -0.1) is 0 Å². The van der Waals surface area contributed by atoms with E-state index in [1.807, 2.05) is 0 Å². The largest absolute Gasteiger partial charge is 0.392 e. The number of ketones is 1. The van der Waals surface area contributed by atoms with E-state index in [0.29, 0.717) is 22.5 Å². The molecular weight excluding hydrogens is 312 g/mol. The van der Waals surface area contributed by atoms with E-state index in [4.69, 9.17) is 10.2 Å². The van der Waals surface area contributed by atoms with E-state index in [1.165, 1.54) is 0 Å². The van der Waals surface area contributed by atoms with Gasteiger partial charge in [-0.1, -0.05) is 0 Å². The van der Waals surface area contributed by atoms with Crippen LogP contribution in [0.15, 0.2) is 48.5 Å². The Balaban J connectivity index is 2.05. The molecule has 0 saturated carbocycles. The summed E-state index contributed by atoms with van der Waals surface area (Å²) in [5.41, 5.74) is 2.14. The van der Waals surface area contributed by atoms with Crippen molar-refractivity contribution >= 4 is 17.2 Å². The van der Waals surface area contributed by atoms with Crippen molar-refractivity contribution in [2.24, 2.45) is 0 Å². The lowest BCUT2D eigenvalue weighted by Crippen LogP contribution is -2.22. The molecule has 128 valence electrons. The molecule has 0 bridgehead atoms. The van der Waals surface area contributed by atoms with Crippen LogP contribution in [0.4, 0.5) is 11.4 Å². The average molecular weight is 332 g/mol. The summed E-state index contributed by atoms with van der Waals surface area (Å²) < 4.78 is 0. The predicted molar refractivity (Wildman–Crippen MR) is 89.7 cm³/mol. The Bertz CT molecular complexity index is 600. The van der Waals surface area contributed by atoms with Crippen molar-refractivity contribution in [1.82, 2.24) is 0 Å². The second-order valence-electron chi connectivity index (χ2n) is 5.17. The molecule has 2 atom stereocenters. The van der Waals surface area contributed by atoms with E-state index in [9.17, 15) is 15.0 Å². The normalized spacial score (nSPS) is 13.2. The van der Waals surface area contributed by atoms with Gasteiger partial charge in [-0.3, -0.25) is 4.79 Å². The fourth-order valence-electron chi connectivity index (χ4n) is 2.08. The van der Waals surface area contributed by atoms with Crippen molar-refractivity contribution in [3.8, 4) is 0 Å². The molecule has 0 saturated heterocycles. The van der Waals surface area contributed by atoms with Gasteiger partial charge in [0, 0.05) is 22.5 Å². The first-order valence-electron chi connectivity index (χ1n) is 7.39. The Morgan fingerprint density at radius 3 is 1.38 bits per heavy atom. The summed E-state index contributed by atoms with van der Waals surface area (Å²) in [6.07, 6.45) is -2.11. The Hall–Kier alpha value is -2.45. The highest BCUT2D eigenvalue weighted by atomic mass is 16.3. The van der Waals surface area contributed by atoms with Crippen LogP contribution in [-0.4, -0.2) is 51.9 Å². The van der Waals surface area contributed by atoms with Crippen LogP contribution in [-0.2, 0) is 0 Å². The number of carbonyl (C=O) groups excluding carboxylic acids is 1. The molecule has 6 N–H and O–H groups in total. The fourth-order valence-corrected chi connectivity index (χ4v) is 2.08. The number of carbonyl (C=O) groups is 1. The van der Waals surface area contributed by atoms with Gasteiger partial charge in [0.2, 0.25) is 0 Å². The quantitative estimate of drug-likeness (QED) is 0.305. The van der Waals surface area contributed by atoms with Crippen molar-refractivity contribution in [3.63, 3.8) is 0 Å². The minimum Gasteiger partial charge on any atom is -0.392 e. The van der Waals surface area contributed by atoms with Crippen LogP contribution < -0.4 is 10.6 Å². The smallest absolute Gasteiger partial charge is 0.193 e. The molecule has 0 aliphatic heterocycles. The van der Waals surface area contributed by atoms with Crippen LogP contribution in [0, 0.1) is 0 Å². The lowest BCUT2D eigenvalue weighted by atomic mass is 10.0. The molecule has 0 fully saturated rings. The SMILES string of the molecule is O=C(c1ccc(NC(O)CO)cc1)c1ccc(NC(O)CO)cc1. The number of rotatable bonds is 8. The van der Waals surface area contributed by atoms with Crippen LogP contribution >= 0.6 is 0 Å². The maximum atomic E-state index is 12.4. The molecule has 0 aliphatic rings. The highest BCUT2D eigenvalue weighted by Crippen LogP contribution is 2.16. The van der Waals surface area contributed by atoms with Crippen LogP contribution in [0.1, 0.15) is 15.9 Å². The van der Waals surface area contributed by atoms with E-state index in [1.54, 1.807) is 48.5 Å². The molecule has 2 aromatic carbocycles. The molecule has 7 nitrogen and oxygen atoms in total. The van der Waals surface area contributed by atoms with Gasteiger partial charge in [0.15, 0.2) is 5.78 Å². The van der Waals surface area contributed by atoms with Gasteiger partial charge in [0.1, 0.15) is 12.5 Å². The first-order valence-corrected chi connectivity index (χ1v) is 7.39. The highest BCUT2D eigenvalue weighted by Gasteiger charge is 2.10. The summed E-state index contributed by atoms with van der Waals surface area (Å²) >= 11 is 0. The van der Waals surface area contributed by atoms with Crippen molar-refractivity contribution in [1.29, 1.82) is 0 Å². The second-order valence-corrected chi connectivity index (χ2v) is 5.17. The van der Waals surface area contributed by atoms with Crippen LogP contribution in [0.5, 0.6) is 0 Å². The number of anilines is 2. The standard InChI is InChI=1S/C17H20N2O5/c20-9-15(22)18-13-5-1-11(2-6-13)17(24)12-3-7-14(8-4-12)19-16(23)10-21/h1-8,15-16,18-23H,9-10H2. The van der Waals surface area contributed by atoms with Crippen molar-refractivity contribution in [3.05, 3.63) is 59.7 Å². The van der Waals surface area contributed by atoms with Gasteiger partial charge in [-0.05, 0) is 48.5 Å². The second kappa shape index (κ2) is 8.42. The van der Waals surface area contributed by atoms with Crippen molar-refractivity contribution in [2.45, 2.75) is 12.5 Å². The zero-order chi connectivity index (χ0) is 17.5. The molecule has 2 unspecified atom stereocenters. The number of benzene rings is 2. The topological polar surface area (TPSA) is 122 Å². The van der Waals surface area contributed by atoms with E-state index < -0.39 is 25.7 Å². The molecule has 0 radical (unpaired) electrons. The van der Waals surface area contributed by atoms with Crippen LogP contribution in [0.25, 0.3) is 0 Å². The predicted octanol–water partition coefficient (Wildman–Crippen LogP) is 0.363. The van der Waals surface area contributed by atoms with Gasteiger partial charge in [0.25, 0.3) is 0 Å². The summed E-state index contributed by atoms with van der Waals surface area (Å²) in [6, 6.07) is 13.0. The summed E-state index contributed by atoms with van der Waals surface area (Å²) in [6.45, 7) is -0.821. The van der Waals surface area contributed by atoms with Gasteiger partial charge in [-0.25, -0.2) is 0 Å². The number of aliphatic hydroxyl groups is 4. The maximum Gasteiger partial charge on any atom is 0.193 e. The first-order chi connectivity index (χ1) is 11.5. The Labute approximate surface area is 139 Å². The maximum absolute atomic E-state index is 12.4. The summed E-state index contributed by atoms with van der Waals surface area (Å²) in [7, 11) is 0. The van der Waals surface area contributed by atoms with Crippen molar-refractivity contribution in [2.75, 3.05) is 23.8 Å². The zero-order valence-corrected chi connectivity index (χ0v) is 12.9. The monoisotopic (exact) mass is 332 g/mol. The van der Waals surface area contributed by atoms with Crippen LogP contribution in [0.3, 0.4) is 0 Å². The van der Waals surface area contributed by atoms with E-state index >= 15 is 0 Å². The van der Waals surface area contributed by atoms with Gasteiger partial charge in [-0.2, -0.15) is 0 Å². The molecule has 0 aromatic heterocycles.